The van der Waals surface area contributed by atoms with Gasteiger partial charge >= 0.3 is 0 Å². The molecule has 4 heterocycles. The first-order chi connectivity index (χ1) is 32.8. The van der Waals surface area contributed by atoms with Crippen LogP contribution >= 0.6 is 0 Å². The van der Waals surface area contributed by atoms with Gasteiger partial charge in [0.2, 0.25) is 0 Å². The Labute approximate surface area is 378 Å². The third kappa shape index (κ3) is 4.29. The van der Waals surface area contributed by atoms with Crippen LogP contribution in [0.3, 0.4) is 0 Å². The zero-order valence-corrected chi connectivity index (χ0v) is 35.6. The van der Waals surface area contributed by atoms with Gasteiger partial charge in [0.25, 0.3) is 0 Å². The summed E-state index contributed by atoms with van der Waals surface area (Å²) in [6, 6.07) is 78.6. The summed E-state index contributed by atoms with van der Waals surface area (Å²) in [7, 11) is 0. The molecule has 0 saturated carbocycles. The lowest BCUT2D eigenvalue weighted by atomic mass is 9.59. The lowest BCUT2D eigenvalue weighted by Crippen LogP contribution is -2.28. The highest BCUT2D eigenvalue weighted by molar-refractivity contribution is 6.17. The van der Waals surface area contributed by atoms with E-state index in [0.29, 0.717) is 0 Å². The van der Waals surface area contributed by atoms with Gasteiger partial charge in [-0.15, -0.1) is 0 Å². The zero-order chi connectivity index (χ0) is 42.8. The van der Waals surface area contributed by atoms with E-state index in [2.05, 4.69) is 226 Å². The molecular formula is C62H37N3O. The number of nitrogens with zero attached hydrogens (tertiary/aromatic N) is 3. The van der Waals surface area contributed by atoms with Crippen molar-refractivity contribution in [2.24, 2.45) is 0 Å². The molecule has 306 valence electrons. The Morgan fingerprint density at radius 3 is 1.55 bits per heavy atom. The molecule has 0 saturated heterocycles. The van der Waals surface area contributed by atoms with Crippen molar-refractivity contribution in [2.75, 3.05) is 0 Å². The quantitative estimate of drug-likeness (QED) is 0.174. The van der Waals surface area contributed by atoms with Crippen molar-refractivity contribution in [2.45, 2.75) is 11.8 Å². The number of hydrogen-bond acceptors (Lipinski definition) is 1. The molecule has 66 heavy (non-hydrogen) atoms. The van der Waals surface area contributed by atoms with Gasteiger partial charge in [-0.05, 0) is 106 Å². The van der Waals surface area contributed by atoms with Crippen LogP contribution in [0, 0.1) is 0 Å². The molecule has 2 unspecified atom stereocenters. The average Bonchev–Trinajstić information content (AvgIpc) is 4.13. The Kier molecular flexibility index (Phi) is 6.63. The molecule has 0 amide bonds. The van der Waals surface area contributed by atoms with Crippen LogP contribution in [0.5, 0.6) is 0 Å². The van der Waals surface area contributed by atoms with Gasteiger partial charge < -0.3 is 18.1 Å². The third-order valence-corrected chi connectivity index (χ3v) is 15.2. The highest BCUT2D eigenvalue weighted by Crippen LogP contribution is 2.60. The predicted octanol–water partition coefficient (Wildman–Crippen LogP) is 15.9. The monoisotopic (exact) mass is 839 g/mol. The molecule has 2 bridgehead atoms. The van der Waals surface area contributed by atoms with Crippen LogP contribution in [-0.4, -0.2) is 13.7 Å². The highest BCUT2D eigenvalue weighted by atomic mass is 16.3. The molecule has 3 aliphatic rings. The summed E-state index contributed by atoms with van der Waals surface area (Å²) in [5, 5.41) is 9.99. The number of aromatic nitrogens is 3. The van der Waals surface area contributed by atoms with Crippen molar-refractivity contribution in [1.29, 1.82) is 0 Å². The Balaban J connectivity index is 0.984. The molecule has 4 heteroatoms. The molecule has 0 aliphatic heterocycles. The minimum absolute atomic E-state index is 0.0235. The van der Waals surface area contributed by atoms with Crippen LogP contribution in [0.2, 0.25) is 0 Å². The number of hydrogen-bond donors (Lipinski definition) is 0. The molecular weight excluding hydrogens is 803 g/mol. The number of fused-ring (bicyclic) bond motifs is 12. The van der Waals surface area contributed by atoms with Gasteiger partial charge in [0.05, 0.1) is 38.8 Å². The van der Waals surface area contributed by atoms with E-state index in [0.717, 1.165) is 33.3 Å². The molecule has 0 N–H and O–H groups in total. The summed E-state index contributed by atoms with van der Waals surface area (Å²) in [5.41, 5.74) is 21.0. The van der Waals surface area contributed by atoms with E-state index >= 15 is 0 Å². The maximum atomic E-state index is 6.73. The van der Waals surface area contributed by atoms with Crippen LogP contribution in [-0.2, 0) is 0 Å². The largest absolute Gasteiger partial charge is 0.454 e. The van der Waals surface area contributed by atoms with Crippen LogP contribution in [0.15, 0.2) is 217 Å². The van der Waals surface area contributed by atoms with E-state index in [1.54, 1.807) is 0 Å². The number of para-hydroxylation sites is 6. The number of rotatable bonds is 3. The first-order valence-corrected chi connectivity index (χ1v) is 23.0. The third-order valence-electron chi connectivity index (χ3n) is 15.2. The number of benzene rings is 10. The van der Waals surface area contributed by atoms with Gasteiger partial charge in [0, 0.05) is 66.3 Å². The minimum Gasteiger partial charge on any atom is -0.454 e. The molecule has 10 aromatic carbocycles. The van der Waals surface area contributed by atoms with E-state index in [1.165, 1.54) is 104 Å². The van der Waals surface area contributed by atoms with E-state index in [1.807, 2.05) is 0 Å². The van der Waals surface area contributed by atoms with E-state index < -0.39 is 0 Å². The van der Waals surface area contributed by atoms with Crippen molar-refractivity contribution in [3.05, 3.63) is 246 Å². The predicted molar refractivity (Wildman–Crippen MR) is 272 cm³/mol. The molecule has 4 nitrogen and oxygen atoms in total. The Morgan fingerprint density at radius 2 is 0.818 bits per heavy atom. The van der Waals surface area contributed by atoms with Crippen LogP contribution in [0.25, 0.3) is 104 Å². The van der Waals surface area contributed by atoms with Gasteiger partial charge in [0.1, 0.15) is 5.58 Å². The second kappa shape index (κ2) is 12.6. The van der Waals surface area contributed by atoms with Gasteiger partial charge in [0.15, 0.2) is 5.58 Å². The van der Waals surface area contributed by atoms with Gasteiger partial charge in [-0.3, -0.25) is 0 Å². The fourth-order valence-electron chi connectivity index (χ4n) is 12.7. The Morgan fingerprint density at radius 1 is 0.303 bits per heavy atom. The zero-order valence-electron chi connectivity index (χ0n) is 35.6. The van der Waals surface area contributed by atoms with Crippen molar-refractivity contribution < 1.29 is 4.42 Å². The summed E-state index contributed by atoms with van der Waals surface area (Å²) in [5.74, 6) is 0.129. The van der Waals surface area contributed by atoms with Crippen LogP contribution < -0.4 is 0 Å². The molecule has 4 aromatic heterocycles. The number of furan rings is 1. The van der Waals surface area contributed by atoms with Crippen LogP contribution in [0.1, 0.15) is 45.2 Å². The lowest BCUT2D eigenvalue weighted by Gasteiger charge is -2.43. The second-order valence-corrected chi connectivity index (χ2v) is 18.3. The first-order valence-electron chi connectivity index (χ1n) is 23.0. The minimum atomic E-state index is 0.0235. The van der Waals surface area contributed by atoms with Crippen molar-refractivity contribution in [1.82, 2.24) is 13.7 Å². The Hall–Kier alpha value is -8.60. The average molecular weight is 840 g/mol. The lowest BCUT2D eigenvalue weighted by molar-refractivity contribution is 0.666. The van der Waals surface area contributed by atoms with E-state index in [-0.39, 0.29) is 11.8 Å². The highest BCUT2D eigenvalue weighted by Gasteiger charge is 2.44. The maximum Gasteiger partial charge on any atom is 0.159 e. The normalized spacial score (nSPS) is 15.3. The summed E-state index contributed by atoms with van der Waals surface area (Å²) in [4.78, 5) is 0. The van der Waals surface area contributed by atoms with E-state index in [4.69, 9.17) is 4.42 Å². The summed E-state index contributed by atoms with van der Waals surface area (Å²) >= 11 is 0. The fraction of sp³-hybridized carbons (Fsp3) is 0.0323. The molecule has 14 aromatic rings. The standard InChI is InChI=1S/C62H37N3O/c1-2-15-36(16-3-1)63-48-24-10-6-17-38(48)47-35-37(29-32-51(47)63)64-49-25-11-7-21-43(49)57-52(64)33-30-45-56-40-19-4-5-20-41(40)59(60(45)57)61-46(56)31-34-53-58(61)44-22-8-12-26-50(44)65(53)54-27-14-23-42-39-18-9-13-28-55(39)66-62(42)54/h1-35,56,59H. The molecule has 2 atom stereocenters. The first kappa shape index (κ1) is 34.8. The van der Waals surface area contributed by atoms with E-state index in [9.17, 15) is 0 Å². The SMILES string of the molecule is c1ccc(-n2c3ccccc3c3cc(-n4c5ccccc5c5c6c(ccc54)C4c5ccccc5C6c5c4ccc4c5c5ccccc5n4-c4cccc5c4oc4ccccc45)ccc32)cc1. The van der Waals surface area contributed by atoms with Crippen LogP contribution in [0.4, 0.5) is 0 Å². The molecule has 3 aliphatic carbocycles. The van der Waals surface area contributed by atoms with Gasteiger partial charge in [-0.1, -0.05) is 140 Å². The fourth-order valence-corrected chi connectivity index (χ4v) is 12.7. The summed E-state index contributed by atoms with van der Waals surface area (Å²) in [6.07, 6.45) is 0. The topological polar surface area (TPSA) is 27.9 Å². The van der Waals surface area contributed by atoms with Gasteiger partial charge in [-0.25, -0.2) is 0 Å². The Bertz CT molecular complexity index is 4420. The molecule has 0 spiro atoms. The smallest absolute Gasteiger partial charge is 0.159 e. The second-order valence-electron chi connectivity index (χ2n) is 18.3. The molecule has 0 fully saturated rings. The molecule has 0 radical (unpaired) electrons. The van der Waals surface area contributed by atoms with Crippen molar-refractivity contribution >= 4 is 87.4 Å². The van der Waals surface area contributed by atoms with Crippen molar-refractivity contribution in [3.8, 4) is 17.1 Å². The maximum absolute atomic E-state index is 6.73. The van der Waals surface area contributed by atoms with Crippen molar-refractivity contribution in [3.63, 3.8) is 0 Å². The molecule has 17 rings (SSSR count). The summed E-state index contributed by atoms with van der Waals surface area (Å²) < 4.78 is 14.1. The van der Waals surface area contributed by atoms with Gasteiger partial charge in [-0.2, -0.15) is 0 Å². The summed E-state index contributed by atoms with van der Waals surface area (Å²) in [6.45, 7) is 0.